The predicted octanol–water partition coefficient (Wildman–Crippen LogP) is 2.64. The van der Waals surface area contributed by atoms with Crippen LogP contribution in [-0.4, -0.2) is 34.7 Å². The van der Waals surface area contributed by atoms with Gasteiger partial charge in [0.1, 0.15) is 0 Å². The van der Waals surface area contributed by atoms with Crippen LogP contribution in [0.15, 0.2) is 29.1 Å². The van der Waals surface area contributed by atoms with E-state index in [9.17, 15) is 9.59 Å². The van der Waals surface area contributed by atoms with Crippen molar-refractivity contribution in [1.29, 1.82) is 0 Å². The zero-order chi connectivity index (χ0) is 16.8. The summed E-state index contributed by atoms with van der Waals surface area (Å²) in [7, 11) is 3.06. The largest absolute Gasteiger partial charge is 0.332 e. The molecule has 0 aliphatic carbocycles. The van der Waals surface area contributed by atoms with E-state index < -0.39 is 0 Å². The van der Waals surface area contributed by atoms with Gasteiger partial charge in [0.15, 0.2) is 4.77 Å². The number of unbranched alkanes of at least 4 members (excludes halogenated alkanes) is 2. The molecule has 1 heterocycles. The summed E-state index contributed by atoms with van der Waals surface area (Å²) in [5.74, 6) is -0.0485. The van der Waals surface area contributed by atoms with Gasteiger partial charge in [0.05, 0.1) is 18.0 Å². The lowest BCUT2D eigenvalue weighted by molar-refractivity contribution is -0.168. The van der Waals surface area contributed by atoms with E-state index in [1.165, 1.54) is 12.2 Å². The van der Waals surface area contributed by atoms with E-state index in [-0.39, 0.29) is 11.5 Å². The summed E-state index contributed by atoms with van der Waals surface area (Å²) < 4.78 is 2.02. The average molecular weight is 335 g/mol. The number of aromatic nitrogens is 2. The fourth-order valence-electron chi connectivity index (χ4n) is 2.38. The van der Waals surface area contributed by atoms with Gasteiger partial charge < -0.3 is 4.98 Å². The van der Waals surface area contributed by atoms with E-state index >= 15 is 0 Å². The van der Waals surface area contributed by atoms with Gasteiger partial charge in [-0.3, -0.25) is 19.0 Å². The lowest BCUT2D eigenvalue weighted by atomic mass is 10.2. The molecule has 2 aromatic rings. The van der Waals surface area contributed by atoms with Gasteiger partial charge in [0, 0.05) is 20.0 Å². The van der Waals surface area contributed by atoms with Gasteiger partial charge in [-0.2, -0.15) is 0 Å². The topological polar surface area (TPSA) is 67.3 Å². The number of aromatic amines is 1. The summed E-state index contributed by atoms with van der Waals surface area (Å²) >= 11 is 5.27. The van der Waals surface area contributed by atoms with Crippen LogP contribution in [0.1, 0.15) is 25.7 Å². The van der Waals surface area contributed by atoms with Gasteiger partial charge in [-0.1, -0.05) is 18.6 Å². The molecule has 1 N–H and O–H groups in total. The minimum Gasteiger partial charge on any atom is -0.332 e. The molecule has 0 aliphatic heterocycles. The number of nitrogens with zero attached hydrogens (tertiary/aromatic N) is 2. The summed E-state index contributed by atoms with van der Waals surface area (Å²) in [5.41, 5.74) is 0.687. The molecule has 7 heteroatoms. The molecule has 0 atom stereocenters. The molecule has 23 heavy (non-hydrogen) atoms. The van der Waals surface area contributed by atoms with E-state index in [2.05, 4.69) is 4.98 Å². The summed E-state index contributed by atoms with van der Waals surface area (Å²) in [6, 6.07) is 7.34. The fraction of sp³-hybridized carbons (Fsp3) is 0.438. The molecule has 1 aromatic heterocycles. The third-order valence-electron chi connectivity index (χ3n) is 3.79. The summed E-state index contributed by atoms with van der Waals surface area (Å²) in [6.07, 6.45) is 2.83. The van der Waals surface area contributed by atoms with Gasteiger partial charge in [-0.25, -0.2) is 5.06 Å². The number of hydroxylamine groups is 2. The number of hydrogen-bond acceptors (Lipinski definition) is 4. The first-order chi connectivity index (χ1) is 11.0. The van der Waals surface area contributed by atoms with Crippen molar-refractivity contribution in [2.75, 3.05) is 14.2 Å². The quantitative estimate of drug-likeness (QED) is 0.480. The van der Waals surface area contributed by atoms with E-state index in [0.29, 0.717) is 23.1 Å². The van der Waals surface area contributed by atoms with Crippen LogP contribution in [0.5, 0.6) is 0 Å². The molecule has 0 fully saturated rings. The molecule has 124 valence electrons. The minimum atomic E-state index is -0.0699. The lowest BCUT2D eigenvalue weighted by Crippen LogP contribution is -2.25. The number of fused-ring (bicyclic) bond motifs is 1. The highest BCUT2D eigenvalue weighted by atomic mass is 32.1. The van der Waals surface area contributed by atoms with Crippen LogP contribution < -0.4 is 5.56 Å². The van der Waals surface area contributed by atoms with Gasteiger partial charge in [-0.15, -0.1) is 0 Å². The maximum atomic E-state index is 12.4. The minimum absolute atomic E-state index is 0.0485. The van der Waals surface area contributed by atoms with Crippen LogP contribution in [0.25, 0.3) is 10.9 Å². The lowest BCUT2D eigenvalue weighted by Gasteiger charge is -2.13. The molecule has 0 bridgehead atoms. The Kier molecular flexibility index (Phi) is 6.06. The van der Waals surface area contributed by atoms with Crippen molar-refractivity contribution >= 4 is 29.0 Å². The summed E-state index contributed by atoms with van der Waals surface area (Å²) in [4.78, 5) is 31.9. The number of rotatable bonds is 7. The van der Waals surface area contributed by atoms with E-state index in [4.69, 9.17) is 17.1 Å². The number of nitrogens with one attached hydrogen (secondary N) is 1. The van der Waals surface area contributed by atoms with Crippen molar-refractivity contribution in [3.05, 3.63) is 39.4 Å². The number of para-hydroxylation sites is 1. The summed E-state index contributed by atoms with van der Waals surface area (Å²) in [5, 5.41) is 1.86. The molecule has 1 aromatic carbocycles. The Bertz CT molecular complexity index is 797. The maximum Gasteiger partial charge on any atom is 0.262 e. The first-order valence-electron chi connectivity index (χ1n) is 7.57. The normalized spacial score (nSPS) is 10.9. The van der Waals surface area contributed by atoms with Gasteiger partial charge in [-0.05, 0) is 37.2 Å². The maximum absolute atomic E-state index is 12.4. The number of benzene rings is 1. The van der Waals surface area contributed by atoms with Crippen LogP contribution >= 0.6 is 12.2 Å². The predicted molar refractivity (Wildman–Crippen MR) is 91.6 cm³/mol. The number of carbonyl (C=O) groups is 1. The smallest absolute Gasteiger partial charge is 0.262 e. The number of carbonyl (C=O) groups excluding carboxylic acids is 1. The molecular weight excluding hydrogens is 314 g/mol. The van der Waals surface area contributed by atoms with E-state index in [1.54, 1.807) is 17.7 Å². The Labute approximate surface area is 139 Å². The SMILES string of the molecule is CON(C)C(=O)CCCCCn1c(=S)[nH]c2ccccc2c1=O. The first-order valence-corrected chi connectivity index (χ1v) is 7.98. The Morgan fingerprint density at radius 3 is 2.78 bits per heavy atom. The van der Waals surface area contributed by atoms with Crippen LogP contribution in [0.3, 0.4) is 0 Å². The zero-order valence-electron chi connectivity index (χ0n) is 13.4. The number of H-pyrrole nitrogens is 1. The standard InChI is InChI=1S/C16H21N3O3S/c1-18(22-2)14(20)10-4-3-7-11-19-15(21)12-8-5-6-9-13(12)17-16(19)23/h5-6,8-9H,3-4,7,10-11H2,1-2H3,(H,17,23). The molecule has 0 saturated carbocycles. The molecule has 1 amide bonds. The van der Waals surface area contributed by atoms with Gasteiger partial charge >= 0.3 is 0 Å². The molecule has 2 rings (SSSR count). The molecule has 0 aliphatic rings. The number of hydrogen-bond donors (Lipinski definition) is 1. The Balaban J connectivity index is 1.94. The van der Waals surface area contributed by atoms with Crippen molar-refractivity contribution in [2.45, 2.75) is 32.2 Å². The first kappa shape index (κ1) is 17.4. The second kappa shape index (κ2) is 8.03. The van der Waals surface area contributed by atoms with Crippen molar-refractivity contribution in [3.8, 4) is 0 Å². The van der Waals surface area contributed by atoms with Gasteiger partial charge in [0.2, 0.25) is 5.91 Å². The van der Waals surface area contributed by atoms with Gasteiger partial charge in [0.25, 0.3) is 5.56 Å². The van der Waals surface area contributed by atoms with E-state index in [0.717, 1.165) is 24.8 Å². The summed E-state index contributed by atoms with van der Waals surface area (Å²) in [6.45, 7) is 0.549. The number of amides is 1. The Morgan fingerprint density at radius 1 is 1.30 bits per heavy atom. The third-order valence-corrected chi connectivity index (χ3v) is 4.11. The van der Waals surface area contributed by atoms with E-state index in [1.807, 2.05) is 18.2 Å². The second-order valence-electron chi connectivity index (χ2n) is 5.32. The van der Waals surface area contributed by atoms with Crippen molar-refractivity contribution < 1.29 is 9.63 Å². The Morgan fingerprint density at radius 2 is 2.04 bits per heavy atom. The Hall–Kier alpha value is -1.99. The fourth-order valence-corrected chi connectivity index (χ4v) is 2.67. The third kappa shape index (κ3) is 4.27. The van der Waals surface area contributed by atoms with Crippen molar-refractivity contribution in [3.63, 3.8) is 0 Å². The highest BCUT2D eigenvalue weighted by molar-refractivity contribution is 7.71. The van der Waals surface area contributed by atoms with Crippen molar-refractivity contribution in [2.24, 2.45) is 0 Å². The molecule has 6 nitrogen and oxygen atoms in total. The van der Waals surface area contributed by atoms with Crippen LogP contribution in [0.2, 0.25) is 0 Å². The molecule has 0 unspecified atom stereocenters. The zero-order valence-corrected chi connectivity index (χ0v) is 14.2. The van der Waals surface area contributed by atoms with Crippen LogP contribution in [-0.2, 0) is 16.2 Å². The monoisotopic (exact) mass is 335 g/mol. The molecule has 0 spiro atoms. The van der Waals surface area contributed by atoms with Crippen molar-refractivity contribution in [1.82, 2.24) is 14.6 Å². The highest BCUT2D eigenvalue weighted by Gasteiger charge is 2.08. The average Bonchev–Trinajstić information content (AvgIpc) is 2.56. The van der Waals surface area contributed by atoms with Crippen LogP contribution in [0.4, 0.5) is 0 Å². The second-order valence-corrected chi connectivity index (χ2v) is 5.70. The molecular formula is C16H21N3O3S. The molecule has 0 radical (unpaired) electrons. The highest BCUT2D eigenvalue weighted by Crippen LogP contribution is 2.08. The molecule has 0 saturated heterocycles. The van der Waals surface area contributed by atoms with Crippen LogP contribution in [0, 0.1) is 4.77 Å².